The monoisotopic (exact) mass is 747 g/mol. The summed E-state index contributed by atoms with van der Waals surface area (Å²) in [6, 6.07) is 14.3. The predicted octanol–water partition coefficient (Wildman–Crippen LogP) is 4.41. The minimum absolute atomic E-state index is 0.131. The first kappa shape index (κ1) is 39.3. The molecule has 16 heteroatoms. The molecule has 54 heavy (non-hydrogen) atoms. The fourth-order valence-corrected chi connectivity index (χ4v) is 6.13. The number of methoxy groups -OCH3 is 2. The van der Waals surface area contributed by atoms with Gasteiger partial charge in [0.15, 0.2) is 5.82 Å². The van der Waals surface area contributed by atoms with Crippen LogP contribution in [0.4, 0.5) is 25.4 Å². The quantitative estimate of drug-likeness (QED) is 0.212. The molecule has 4 aromatic rings. The first-order valence-electron chi connectivity index (χ1n) is 17.4. The van der Waals surface area contributed by atoms with Gasteiger partial charge in [0.25, 0.3) is 5.56 Å². The first-order chi connectivity index (χ1) is 25.6. The number of carbonyl (C=O) groups excluding carboxylic acids is 3. The van der Waals surface area contributed by atoms with Crippen LogP contribution in [0.3, 0.4) is 0 Å². The Morgan fingerprint density at radius 1 is 0.944 bits per heavy atom. The molecule has 4 amide bonds. The van der Waals surface area contributed by atoms with E-state index in [1.165, 1.54) is 59.9 Å². The molecule has 0 spiro atoms. The normalized spacial score (nSPS) is 14.8. The van der Waals surface area contributed by atoms with Crippen molar-refractivity contribution >= 4 is 40.3 Å². The molecule has 0 bridgehead atoms. The van der Waals surface area contributed by atoms with Gasteiger partial charge in [0.05, 0.1) is 56.0 Å². The van der Waals surface area contributed by atoms with Gasteiger partial charge >= 0.3 is 12.1 Å². The number of benzene rings is 3. The highest BCUT2D eigenvalue weighted by Gasteiger charge is 2.36. The molecule has 0 saturated carbocycles. The molecule has 1 aromatic heterocycles. The van der Waals surface area contributed by atoms with Crippen LogP contribution < -0.4 is 35.6 Å². The third-order valence-electron chi connectivity index (χ3n) is 8.77. The van der Waals surface area contributed by atoms with Crippen LogP contribution in [0.5, 0.6) is 11.5 Å². The van der Waals surface area contributed by atoms with Crippen LogP contribution in [0.1, 0.15) is 46.5 Å². The highest BCUT2D eigenvalue weighted by atomic mass is 19.1. The van der Waals surface area contributed by atoms with Crippen LogP contribution >= 0.6 is 0 Å². The Kier molecular flexibility index (Phi) is 11.9. The van der Waals surface area contributed by atoms with Crippen molar-refractivity contribution in [3.8, 4) is 11.5 Å². The number of aliphatic hydroxyl groups excluding tert-OH is 1. The summed E-state index contributed by atoms with van der Waals surface area (Å²) in [5.41, 5.74) is -0.142. The molecule has 1 aliphatic heterocycles. The molecular formula is C38H46FN7O8. The number of amides is 4. The zero-order valence-corrected chi connectivity index (χ0v) is 31.3. The second-order valence-electron chi connectivity index (χ2n) is 13.8. The van der Waals surface area contributed by atoms with Gasteiger partial charge in [-0.05, 0) is 83.1 Å². The Hall–Kier alpha value is -5.90. The van der Waals surface area contributed by atoms with E-state index < -0.39 is 53.2 Å². The zero-order chi connectivity index (χ0) is 39.3. The van der Waals surface area contributed by atoms with Gasteiger partial charge in [-0.1, -0.05) is 12.1 Å². The molecule has 5 rings (SSSR count). The number of urea groups is 1. The minimum Gasteiger partial charge on any atom is -0.497 e. The number of carbonyl (C=O) groups is 3. The summed E-state index contributed by atoms with van der Waals surface area (Å²) in [7, 11) is 2.96. The van der Waals surface area contributed by atoms with E-state index >= 15 is 0 Å². The van der Waals surface area contributed by atoms with E-state index in [2.05, 4.69) is 10.6 Å². The third kappa shape index (κ3) is 8.82. The number of alkyl carbamates (subject to hydrolysis) is 1. The molecular weight excluding hydrogens is 701 g/mol. The Morgan fingerprint density at radius 3 is 2.22 bits per heavy atom. The molecule has 3 atom stereocenters. The molecule has 3 aromatic carbocycles. The van der Waals surface area contributed by atoms with Crippen molar-refractivity contribution in [2.45, 2.75) is 58.4 Å². The van der Waals surface area contributed by atoms with Gasteiger partial charge < -0.3 is 39.9 Å². The van der Waals surface area contributed by atoms with E-state index in [0.717, 1.165) is 0 Å². The van der Waals surface area contributed by atoms with Crippen molar-refractivity contribution in [2.24, 2.45) is 0 Å². The van der Waals surface area contributed by atoms with E-state index in [0.29, 0.717) is 33.8 Å². The topological polar surface area (TPSA) is 168 Å². The molecule has 1 aliphatic rings. The third-order valence-corrected chi connectivity index (χ3v) is 8.77. The lowest BCUT2D eigenvalue weighted by molar-refractivity contribution is -0.136. The number of nitrogens with one attached hydrogen (secondary N) is 2. The van der Waals surface area contributed by atoms with Gasteiger partial charge in [-0.2, -0.15) is 0 Å². The summed E-state index contributed by atoms with van der Waals surface area (Å²) in [5.74, 6) is 0.00338. The number of halogens is 1. The number of hydrogen-bond acceptors (Lipinski definition) is 10. The molecule has 15 nitrogen and oxygen atoms in total. The molecule has 2 heterocycles. The summed E-state index contributed by atoms with van der Waals surface area (Å²) in [5, 5.41) is 17.8. The fraction of sp³-hybridized carbons (Fsp3) is 0.395. The van der Waals surface area contributed by atoms with E-state index in [-0.39, 0.29) is 32.0 Å². The second-order valence-corrected chi connectivity index (χ2v) is 13.8. The molecule has 288 valence electrons. The lowest BCUT2D eigenvalue weighted by Gasteiger charge is -2.40. The number of hydrogen-bond donors (Lipinski definition) is 3. The summed E-state index contributed by atoms with van der Waals surface area (Å²) < 4.78 is 31.6. The minimum atomic E-state index is -1.26. The lowest BCUT2D eigenvalue weighted by Crippen LogP contribution is -2.61. The largest absolute Gasteiger partial charge is 0.497 e. The number of fused-ring (bicyclic) bond motifs is 1. The van der Waals surface area contributed by atoms with E-state index in [1.807, 2.05) is 0 Å². The zero-order valence-electron chi connectivity index (χ0n) is 31.3. The fourth-order valence-electron chi connectivity index (χ4n) is 6.13. The van der Waals surface area contributed by atoms with E-state index in [9.17, 15) is 28.7 Å². The average molecular weight is 748 g/mol. The highest BCUT2D eigenvalue weighted by molar-refractivity contribution is 6.03. The Labute approximate surface area is 312 Å². The maximum Gasteiger partial charge on any atom is 0.408 e. The van der Waals surface area contributed by atoms with Crippen LogP contribution in [0, 0.1) is 5.82 Å². The average Bonchev–Trinajstić information content (AvgIpc) is 3.14. The van der Waals surface area contributed by atoms with Crippen molar-refractivity contribution in [1.29, 1.82) is 0 Å². The molecule has 3 N–H and O–H groups in total. The molecule has 1 fully saturated rings. The summed E-state index contributed by atoms with van der Waals surface area (Å²) in [6.07, 6.45) is -2.06. The maximum atomic E-state index is 14.4. The van der Waals surface area contributed by atoms with Crippen molar-refractivity contribution in [3.63, 3.8) is 0 Å². The van der Waals surface area contributed by atoms with Crippen LogP contribution in [0.2, 0.25) is 0 Å². The Bertz CT molecular complexity index is 2040. The van der Waals surface area contributed by atoms with E-state index in [1.54, 1.807) is 75.2 Å². The number of rotatable bonds is 10. The van der Waals surface area contributed by atoms with Crippen LogP contribution in [0.25, 0.3) is 10.9 Å². The van der Waals surface area contributed by atoms with Gasteiger partial charge in [-0.15, -0.1) is 0 Å². The maximum absolute atomic E-state index is 14.4. The number of aromatic nitrogens is 2. The molecule has 1 unspecified atom stereocenters. The smallest absolute Gasteiger partial charge is 0.408 e. The van der Waals surface area contributed by atoms with Gasteiger partial charge in [-0.3, -0.25) is 14.5 Å². The molecule has 1 saturated heterocycles. The number of nitrogens with zero attached hydrogens (tertiary/aromatic N) is 5. The highest BCUT2D eigenvalue weighted by Crippen LogP contribution is 2.37. The van der Waals surface area contributed by atoms with Crippen LogP contribution in [-0.4, -0.2) is 95.8 Å². The van der Waals surface area contributed by atoms with Gasteiger partial charge in [-0.25, -0.2) is 23.6 Å². The van der Waals surface area contributed by atoms with Crippen molar-refractivity contribution in [3.05, 3.63) is 88.7 Å². The SMILES string of the molecule is COc1ccc(N(C(=O)Nc2ccc(F)cc2)C(C)c2nc3ccccc3c(=O)n2N2CCN(C(=O)[C@@H](NC(=O)OC(C)(C)C)[C@H](C)O)CC2)c(OC)c1. The first-order valence-corrected chi connectivity index (χ1v) is 17.4. The molecule has 0 radical (unpaired) electrons. The number of ether oxygens (including phenoxy) is 3. The van der Waals surface area contributed by atoms with Crippen LogP contribution in [-0.2, 0) is 9.53 Å². The predicted molar refractivity (Wildman–Crippen MR) is 201 cm³/mol. The summed E-state index contributed by atoms with van der Waals surface area (Å²) in [4.78, 5) is 62.6. The number of piperazine rings is 1. The summed E-state index contributed by atoms with van der Waals surface area (Å²) in [6.45, 7) is 8.78. The van der Waals surface area contributed by atoms with E-state index in [4.69, 9.17) is 19.2 Å². The van der Waals surface area contributed by atoms with Crippen molar-refractivity contribution in [1.82, 2.24) is 19.9 Å². The van der Waals surface area contributed by atoms with Crippen molar-refractivity contribution < 1.29 is 38.1 Å². The number of para-hydroxylation sites is 1. The van der Waals surface area contributed by atoms with Gasteiger partial charge in [0, 0.05) is 24.8 Å². The summed E-state index contributed by atoms with van der Waals surface area (Å²) >= 11 is 0. The number of anilines is 2. The standard InChI is InChI=1S/C38H46FN7O8/c1-23(45(30-17-16-27(52-6)22-31(30)53-7)36(50)40-26-14-12-25(39)13-15-26)33-41-29-11-9-8-10-28(29)34(48)46(33)44-20-18-43(19-21-44)35(49)32(24(2)47)42-37(51)54-38(3,4)5/h8-17,22-24,32,47H,18-21H2,1-7H3,(H,40,50)(H,42,51)/t23?,24-,32-/m0/s1. The lowest BCUT2D eigenvalue weighted by atomic mass is 10.1. The Balaban J connectivity index is 1.52. The van der Waals surface area contributed by atoms with Gasteiger partial charge in [0.1, 0.15) is 29.0 Å². The Morgan fingerprint density at radius 2 is 1.61 bits per heavy atom. The second kappa shape index (κ2) is 16.4. The van der Waals surface area contributed by atoms with Crippen molar-refractivity contribution in [2.75, 3.05) is 55.6 Å². The van der Waals surface area contributed by atoms with Crippen LogP contribution in [0.15, 0.2) is 71.5 Å². The molecule has 0 aliphatic carbocycles. The number of aliphatic hydroxyl groups is 1. The van der Waals surface area contributed by atoms with Gasteiger partial charge in [0.2, 0.25) is 5.91 Å².